The summed E-state index contributed by atoms with van der Waals surface area (Å²) in [7, 11) is 3.25. The first-order chi connectivity index (χ1) is 17.6. The zero-order valence-corrected chi connectivity index (χ0v) is 20.6. The van der Waals surface area contributed by atoms with E-state index < -0.39 is 12.2 Å². The van der Waals surface area contributed by atoms with Gasteiger partial charge in [0.15, 0.2) is 0 Å². The summed E-state index contributed by atoms with van der Waals surface area (Å²) in [4.78, 5) is 0. The van der Waals surface area contributed by atoms with Gasteiger partial charge in [0.1, 0.15) is 11.5 Å². The van der Waals surface area contributed by atoms with Crippen LogP contribution in [-0.4, -0.2) is 24.4 Å². The van der Waals surface area contributed by atoms with Gasteiger partial charge in [-0.1, -0.05) is 97.1 Å². The van der Waals surface area contributed by atoms with Crippen molar-refractivity contribution in [3.05, 3.63) is 144 Å². The Morgan fingerprint density at radius 2 is 0.806 bits per heavy atom. The summed E-state index contributed by atoms with van der Waals surface area (Å²) in [5.41, 5.74) is 3.56. The third kappa shape index (κ3) is 6.03. The van der Waals surface area contributed by atoms with Crippen LogP contribution in [0.3, 0.4) is 0 Å². The minimum atomic E-state index is -0.774. The smallest absolute Gasteiger partial charge is 0.118 e. The Labute approximate surface area is 213 Å². The molecular formula is C32H32O4. The molecule has 4 atom stereocenters. The molecule has 4 aromatic carbocycles. The maximum absolute atomic E-state index is 11.4. The number of hydrogen-bond acceptors (Lipinski definition) is 4. The highest BCUT2D eigenvalue weighted by Crippen LogP contribution is 2.37. The highest BCUT2D eigenvalue weighted by Gasteiger charge is 2.24. The van der Waals surface area contributed by atoms with Crippen molar-refractivity contribution in [2.24, 2.45) is 0 Å². The predicted molar refractivity (Wildman–Crippen MR) is 143 cm³/mol. The molecule has 0 radical (unpaired) electrons. The first kappa shape index (κ1) is 25.2. The molecule has 0 spiro atoms. The van der Waals surface area contributed by atoms with E-state index in [0.717, 1.165) is 33.8 Å². The second kappa shape index (κ2) is 12.2. The summed E-state index contributed by atoms with van der Waals surface area (Å²) in [5.74, 6) is 0.858. The number of rotatable bonds is 10. The highest BCUT2D eigenvalue weighted by atomic mass is 16.5. The van der Waals surface area contributed by atoms with Gasteiger partial charge in [-0.15, -0.1) is 0 Å². The molecule has 0 aliphatic heterocycles. The van der Waals surface area contributed by atoms with Crippen LogP contribution in [0.1, 0.15) is 46.3 Å². The molecule has 0 bridgehead atoms. The Morgan fingerprint density at radius 1 is 0.472 bits per heavy atom. The van der Waals surface area contributed by atoms with E-state index in [1.807, 2.05) is 121 Å². The molecule has 4 aromatic rings. The quantitative estimate of drug-likeness (QED) is 0.251. The summed E-state index contributed by atoms with van der Waals surface area (Å²) in [6.07, 6.45) is 2.47. The van der Waals surface area contributed by atoms with Gasteiger partial charge in [0, 0.05) is 11.8 Å². The van der Waals surface area contributed by atoms with Gasteiger partial charge in [-0.3, -0.25) is 0 Å². The van der Waals surface area contributed by atoms with Crippen molar-refractivity contribution in [1.29, 1.82) is 0 Å². The van der Waals surface area contributed by atoms with Crippen molar-refractivity contribution >= 4 is 0 Å². The lowest BCUT2D eigenvalue weighted by atomic mass is 9.84. The van der Waals surface area contributed by atoms with Crippen molar-refractivity contribution in [2.45, 2.75) is 24.0 Å². The van der Waals surface area contributed by atoms with Crippen LogP contribution in [0.4, 0.5) is 0 Å². The van der Waals surface area contributed by atoms with Crippen LogP contribution in [0, 0.1) is 0 Å². The molecule has 2 N–H and O–H groups in total. The fourth-order valence-corrected chi connectivity index (χ4v) is 4.40. The van der Waals surface area contributed by atoms with Crippen molar-refractivity contribution in [3.8, 4) is 11.5 Å². The Morgan fingerprint density at radius 3 is 1.11 bits per heavy atom. The first-order valence-electron chi connectivity index (χ1n) is 12.0. The van der Waals surface area contributed by atoms with Gasteiger partial charge >= 0.3 is 0 Å². The average Bonchev–Trinajstić information content (AvgIpc) is 2.96. The second-order valence-electron chi connectivity index (χ2n) is 8.69. The lowest BCUT2D eigenvalue weighted by Gasteiger charge is -2.24. The standard InChI is InChI=1S/C32H32O4/c1-35-27-17-13-25(14-18-27)31(33)29(23-9-5-3-6-10-23)21-22-30(24-11-7-4-8-12-24)32(34)26-15-19-28(36-2)20-16-26/h3-22,29-34H,1-2H3/t29-,30+,31-,32+. The predicted octanol–water partition coefficient (Wildman–Crippen LogP) is 6.59. The van der Waals surface area contributed by atoms with E-state index in [1.165, 1.54) is 0 Å². The average molecular weight is 481 g/mol. The normalized spacial score (nSPS) is 14.7. The summed E-state index contributed by atoms with van der Waals surface area (Å²) >= 11 is 0. The van der Waals surface area contributed by atoms with Crippen molar-refractivity contribution in [1.82, 2.24) is 0 Å². The van der Waals surface area contributed by atoms with Gasteiger partial charge in [0.25, 0.3) is 0 Å². The van der Waals surface area contributed by atoms with Gasteiger partial charge in [0.2, 0.25) is 0 Å². The minimum absolute atomic E-state index is 0.311. The van der Waals surface area contributed by atoms with Crippen LogP contribution in [-0.2, 0) is 0 Å². The lowest BCUT2D eigenvalue weighted by Crippen LogP contribution is -2.12. The molecule has 4 heteroatoms. The number of aliphatic hydroxyl groups excluding tert-OH is 2. The van der Waals surface area contributed by atoms with Gasteiger partial charge in [0.05, 0.1) is 26.4 Å². The third-order valence-corrected chi connectivity index (χ3v) is 6.49. The summed E-state index contributed by atoms with van der Waals surface area (Å²) < 4.78 is 10.5. The highest BCUT2D eigenvalue weighted by molar-refractivity contribution is 5.37. The van der Waals surface area contributed by atoms with Crippen LogP contribution in [0.25, 0.3) is 0 Å². The summed E-state index contributed by atoms with van der Waals surface area (Å²) in [6, 6.07) is 34.8. The number of ether oxygens (including phenoxy) is 2. The molecule has 0 fully saturated rings. The number of aliphatic hydroxyl groups is 2. The van der Waals surface area contributed by atoms with Gasteiger partial charge < -0.3 is 19.7 Å². The van der Waals surface area contributed by atoms with E-state index >= 15 is 0 Å². The fraction of sp³-hybridized carbons (Fsp3) is 0.188. The number of benzene rings is 4. The van der Waals surface area contributed by atoms with E-state index in [9.17, 15) is 10.2 Å². The van der Waals surface area contributed by atoms with Gasteiger partial charge in [-0.05, 0) is 46.5 Å². The molecule has 0 amide bonds. The zero-order valence-electron chi connectivity index (χ0n) is 20.6. The molecule has 0 aliphatic carbocycles. The van der Waals surface area contributed by atoms with Crippen LogP contribution in [0.15, 0.2) is 121 Å². The molecule has 0 saturated heterocycles. The maximum Gasteiger partial charge on any atom is 0.118 e. The number of hydrogen-bond donors (Lipinski definition) is 2. The van der Waals surface area contributed by atoms with E-state index in [4.69, 9.17) is 9.47 Å². The largest absolute Gasteiger partial charge is 0.497 e. The molecule has 0 aliphatic rings. The van der Waals surface area contributed by atoms with Crippen molar-refractivity contribution < 1.29 is 19.7 Å². The molecular weight excluding hydrogens is 448 g/mol. The van der Waals surface area contributed by atoms with Crippen LogP contribution < -0.4 is 9.47 Å². The topological polar surface area (TPSA) is 58.9 Å². The molecule has 0 saturated carbocycles. The monoisotopic (exact) mass is 480 g/mol. The Kier molecular flexibility index (Phi) is 8.56. The molecule has 0 aromatic heterocycles. The van der Waals surface area contributed by atoms with E-state index in [0.29, 0.717) is 0 Å². The Hall–Kier alpha value is -3.86. The number of methoxy groups -OCH3 is 2. The van der Waals surface area contributed by atoms with Crippen molar-refractivity contribution in [3.63, 3.8) is 0 Å². The molecule has 4 nitrogen and oxygen atoms in total. The third-order valence-electron chi connectivity index (χ3n) is 6.49. The SMILES string of the molecule is COc1ccc([C@@H](O)[C@H](C=C[C@@H](c2ccccc2)[C@@H](O)c2ccc(OC)cc2)c2ccccc2)cc1. The summed E-state index contributed by atoms with van der Waals surface area (Å²) in [6.45, 7) is 0. The zero-order chi connectivity index (χ0) is 25.3. The Balaban J connectivity index is 1.70. The van der Waals surface area contributed by atoms with Crippen LogP contribution in [0.2, 0.25) is 0 Å². The Bertz CT molecular complexity index is 1120. The first-order valence-corrected chi connectivity index (χ1v) is 12.0. The second-order valence-corrected chi connectivity index (χ2v) is 8.69. The molecule has 36 heavy (non-hydrogen) atoms. The van der Waals surface area contributed by atoms with Crippen LogP contribution >= 0.6 is 0 Å². The van der Waals surface area contributed by atoms with Gasteiger partial charge in [-0.25, -0.2) is 0 Å². The van der Waals surface area contributed by atoms with Crippen LogP contribution in [0.5, 0.6) is 11.5 Å². The van der Waals surface area contributed by atoms with E-state index in [1.54, 1.807) is 14.2 Å². The van der Waals surface area contributed by atoms with Gasteiger partial charge in [-0.2, -0.15) is 0 Å². The van der Waals surface area contributed by atoms with E-state index in [-0.39, 0.29) is 11.8 Å². The van der Waals surface area contributed by atoms with E-state index in [2.05, 4.69) is 0 Å². The maximum atomic E-state index is 11.4. The fourth-order valence-electron chi connectivity index (χ4n) is 4.40. The van der Waals surface area contributed by atoms with Crippen molar-refractivity contribution in [2.75, 3.05) is 14.2 Å². The molecule has 0 unspecified atom stereocenters. The molecule has 184 valence electrons. The molecule has 4 rings (SSSR count). The lowest BCUT2D eigenvalue weighted by molar-refractivity contribution is 0.156. The molecule has 0 heterocycles. The summed E-state index contributed by atoms with van der Waals surface area (Å²) in [5, 5.41) is 22.9. The minimum Gasteiger partial charge on any atom is -0.497 e.